The van der Waals surface area contributed by atoms with Crippen molar-refractivity contribution in [1.82, 2.24) is 9.55 Å². The number of rotatable bonds is 6. The number of carbonyl (C=O) groups excluding carboxylic acids is 2. The van der Waals surface area contributed by atoms with Gasteiger partial charge in [-0.25, -0.2) is 9.78 Å². The molecule has 0 atom stereocenters. The maximum Gasteiger partial charge on any atom is 0.337 e. The van der Waals surface area contributed by atoms with Gasteiger partial charge in [0.2, 0.25) is 5.91 Å². The molecule has 0 aliphatic rings. The summed E-state index contributed by atoms with van der Waals surface area (Å²) in [6.45, 7) is -0.311. The van der Waals surface area contributed by atoms with Crippen molar-refractivity contribution in [2.24, 2.45) is 0 Å². The Balaban J connectivity index is 1.63. The third-order valence-corrected chi connectivity index (χ3v) is 5.70. The van der Waals surface area contributed by atoms with Gasteiger partial charge in [0.25, 0.3) is 11.2 Å². The summed E-state index contributed by atoms with van der Waals surface area (Å²) in [5.41, 5.74) is 1.13. The number of non-ortho nitro benzene ring substituents is 1. The first kappa shape index (κ1) is 21.8. The van der Waals surface area contributed by atoms with E-state index in [1.54, 1.807) is 35.7 Å². The minimum absolute atomic E-state index is 0.0929. The van der Waals surface area contributed by atoms with Crippen LogP contribution in [0, 0.1) is 10.1 Å². The number of nitrogens with zero attached hydrogens (tertiary/aromatic N) is 3. The largest absolute Gasteiger partial charge is 0.465 e. The molecule has 1 amide bonds. The highest BCUT2D eigenvalue weighted by Crippen LogP contribution is 2.32. The normalized spacial score (nSPS) is 10.7. The van der Waals surface area contributed by atoms with Crippen LogP contribution in [0.15, 0.2) is 65.0 Å². The van der Waals surface area contributed by atoms with Gasteiger partial charge < -0.3 is 10.1 Å². The van der Waals surface area contributed by atoms with Crippen LogP contribution >= 0.6 is 11.3 Å². The van der Waals surface area contributed by atoms with Crippen molar-refractivity contribution >= 4 is 44.8 Å². The van der Waals surface area contributed by atoms with Crippen molar-refractivity contribution in [3.8, 4) is 11.1 Å². The van der Waals surface area contributed by atoms with Crippen molar-refractivity contribution < 1.29 is 19.2 Å². The van der Waals surface area contributed by atoms with E-state index in [-0.39, 0.29) is 23.2 Å². The van der Waals surface area contributed by atoms with Crippen LogP contribution in [0.3, 0.4) is 0 Å². The molecule has 4 rings (SSSR count). The van der Waals surface area contributed by atoms with Crippen LogP contribution < -0.4 is 10.9 Å². The number of carbonyl (C=O) groups is 2. The number of methoxy groups -OCH3 is 1. The quantitative estimate of drug-likeness (QED) is 0.262. The molecular weight excluding hydrogens is 448 g/mol. The lowest BCUT2D eigenvalue weighted by atomic mass is 10.1. The second kappa shape index (κ2) is 9.01. The number of esters is 1. The number of nitro benzene ring substituents is 1. The minimum Gasteiger partial charge on any atom is -0.465 e. The van der Waals surface area contributed by atoms with E-state index in [1.165, 1.54) is 43.0 Å². The summed E-state index contributed by atoms with van der Waals surface area (Å²) < 4.78 is 5.83. The molecule has 0 bridgehead atoms. The van der Waals surface area contributed by atoms with Crippen LogP contribution in [-0.4, -0.2) is 33.5 Å². The summed E-state index contributed by atoms with van der Waals surface area (Å²) >= 11 is 1.24. The molecule has 1 N–H and O–H groups in total. The lowest BCUT2D eigenvalue weighted by Gasteiger charge is -2.09. The Morgan fingerprint density at radius 1 is 1.21 bits per heavy atom. The van der Waals surface area contributed by atoms with Crippen molar-refractivity contribution in [3.05, 3.63) is 86.3 Å². The first-order valence-corrected chi connectivity index (χ1v) is 10.4. The lowest BCUT2D eigenvalue weighted by molar-refractivity contribution is -0.384. The van der Waals surface area contributed by atoms with Crippen LogP contribution in [0.4, 0.5) is 11.4 Å². The monoisotopic (exact) mass is 464 g/mol. The van der Waals surface area contributed by atoms with Gasteiger partial charge in [-0.05, 0) is 23.8 Å². The average molecular weight is 464 g/mol. The zero-order chi connectivity index (χ0) is 23.5. The molecule has 0 aliphatic carbocycles. The summed E-state index contributed by atoms with van der Waals surface area (Å²) in [5, 5.41) is 15.7. The minimum atomic E-state index is -0.539. The molecule has 0 aliphatic heterocycles. The lowest BCUT2D eigenvalue weighted by Crippen LogP contribution is -2.27. The molecule has 10 nitrogen and oxygen atoms in total. The van der Waals surface area contributed by atoms with Gasteiger partial charge in [0.1, 0.15) is 11.4 Å². The fourth-order valence-electron chi connectivity index (χ4n) is 3.28. The van der Waals surface area contributed by atoms with Crippen molar-refractivity contribution in [2.45, 2.75) is 6.54 Å². The Morgan fingerprint density at radius 2 is 2.00 bits per heavy atom. The third-order valence-electron chi connectivity index (χ3n) is 4.81. The molecule has 166 valence electrons. The second-order valence-corrected chi connectivity index (χ2v) is 7.79. The van der Waals surface area contributed by atoms with E-state index in [0.29, 0.717) is 21.6 Å². The molecule has 0 spiro atoms. The molecule has 0 fully saturated rings. The summed E-state index contributed by atoms with van der Waals surface area (Å²) in [5.74, 6) is -1.03. The Kier molecular flexibility index (Phi) is 5.96. The number of aromatic nitrogens is 2. The maximum absolute atomic E-state index is 13.1. The van der Waals surface area contributed by atoms with Crippen molar-refractivity contribution in [1.29, 1.82) is 0 Å². The van der Waals surface area contributed by atoms with Gasteiger partial charge in [-0.3, -0.25) is 24.3 Å². The molecule has 0 saturated carbocycles. The second-order valence-electron chi connectivity index (χ2n) is 6.94. The van der Waals surface area contributed by atoms with Gasteiger partial charge in [0.05, 0.1) is 29.3 Å². The Hall–Kier alpha value is -4.38. The molecule has 33 heavy (non-hydrogen) atoms. The number of amides is 1. The number of nitrogens with one attached hydrogen (secondary N) is 1. The molecule has 0 radical (unpaired) electrons. The van der Waals surface area contributed by atoms with Gasteiger partial charge in [0, 0.05) is 28.8 Å². The number of anilines is 1. The third kappa shape index (κ3) is 4.48. The molecule has 11 heteroatoms. The van der Waals surface area contributed by atoms with E-state index in [4.69, 9.17) is 0 Å². The fourth-order valence-corrected chi connectivity index (χ4v) is 4.18. The van der Waals surface area contributed by atoms with Crippen molar-refractivity contribution in [2.75, 3.05) is 12.4 Å². The van der Waals surface area contributed by atoms with E-state index >= 15 is 0 Å². The number of hydrogen-bond acceptors (Lipinski definition) is 8. The van der Waals surface area contributed by atoms with Gasteiger partial charge in [0.15, 0.2) is 0 Å². The van der Waals surface area contributed by atoms with E-state index in [9.17, 15) is 24.5 Å². The van der Waals surface area contributed by atoms with E-state index in [2.05, 4.69) is 15.0 Å². The summed E-state index contributed by atoms with van der Waals surface area (Å²) in [6, 6.07) is 12.2. The zero-order valence-corrected chi connectivity index (χ0v) is 18.0. The molecule has 2 heterocycles. The number of nitro groups is 1. The summed E-state index contributed by atoms with van der Waals surface area (Å²) in [6.07, 6.45) is 1.28. The maximum atomic E-state index is 13.1. The predicted octanol–water partition coefficient (Wildman–Crippen LogP) is 3.46. The standard InChI is InChI=1S/C22H16N4O6S/c1-32-22(29)14-5-2-6-15(8-14)24-18(27)10-25-12-23-20-19(21(25)28)17(11-33-20)13-4-3-7-16(9-13)26(30)31/h2-9,11-12H,10H2,1H3,(H,24,27). The first-order chi connectivity index (χ1) is 15.9. The number of thiophene rings is 1. The van der Waals surface area contributed by atoms with Gasteiger partial charge in [-0.2, -0.15) is 0 Å². The first-order valence-electron chi connectivity index (χ1n) is 9.57. The average Bonchev–Trinajstić information content (AvgIpc) is 3.25. The van der Waals surface area contributed by atoms with E-state index in [0.717, 1.165) is 4.57 Å². The van der Waals surface area contributed by atoms with Crippen LogP contribution in [0.2, 0.25) is 0 Å². The van der Waals surface area contributed by atoms with Crippen LogP contribution in [-0.2, 0) is 16.1 Å². The van der Waals surface area contributed by atoms with E-state index < -0.39 is 22.4 Å². The molecule has 4 aromatic rings. The number of fused-ring (bicyclic) bond motifs is 1. The zero-order valence-electron chi connectivity index (χ0n) is 17.2. The Labute approximate surface area is 190 Å². The van der Waals surface area contributed by atoms with E-state index in [1.807, 2.05) is 0 Å². The Morgan fingerprint density at radius 3 is 2.76 bits per heavy atom. The van der Waals surface area contributed by atoms with Crippen LogP contribution in [0.5, 0.6) is 0 Å². The molecular formula is C22H16N4O6S. The molecule has 2 aromatic carbocycles. The number of benzene rings is 2. The van der Waals surface area contributed by atoms with Gasteiger partial charge in [-0.1, -0.05) is 18.2 Å². The molecule has 0 unspecified atom stereocenters. The van der Waals surface area contributed by atoms with Gasteiger partial charge in [-0.15, -0.1) is 11.3 Å². The van der Waals surface area contributed by atoms with Crippen LogP contribution in [0.25, 0.3) is 21.3 Å². The SMILES string of the molecule is COC(=O)c1cccc(NC(=O)Cn2cnc3scc(-c4cccc([N+](=O)[O-])c4)c3c2=O)c1. The highest BCUT2D eigenvalue weighted by molar-refractivity contribution is 7.17. The molecule has 0 saturated heterocycles. The number of ether oxygens (including phenoxy) is 1. The highest BCUT2D eigenvalue weighted by Gasteiger charge is 2.17. The van der Waals surface area contributed by atoms with Crippen molar-refractivity contribution in [3.63, 3.8) is 0 Å². The summed E-state index contributed by atoms with van der Waals surface area (Å²) in [7, 11) is 1.26. The predicted molar refractivity (Wildman–Crippen MR) is 122 cm³/mol. The van der Waals surface area contributed by atoms with Crippen LogP contribution in [0.1, 0.15) is 10.4 Å². The topological polar surface area (TPSA) is 133 Å². The van der Waals surface area contributed by atoms with Gasteiger partial charge >= 0.3 is 5.97 Å². The summed E-state index contributed by atoms with van der Waals surface area (Å²) in [4.78, 5) is 52.7. The molecule has 2 aromatic heterocycles. The smallest absolute Gasteiger partial charge is 0.337 e. The fraction of sp³-hybridized carbons (Fsp3) is 0.0909. The Bertz CT molecular complexity index is 1460. The number of hydrogen-bond donors (Lipinski definition) is 1. The highest BCUT2D eigenvalue weighted by atomic mass is 32.1.